The van der Waals surface area contributed by atoms with Crippen LogP contribution < -0.4 is 0 Å². The molecule has 130 valence electrons. The molecule has 2 aliphatic rings. The van der Waals surface area contributed by atoms with Crippen molar-refractivity contribution in [1.82, 2.24) is 0 Å². The van der Waals surface area contributed by atoms with Gasteiger partial charge >= 0.3 is 0 Å². The Bertz CT molecular complexity index is 503. The van der Waals surface area contributed by atoms with Crippen LogP contribution in [0.15, 0.2) is 23.3 Å². The smallest absolute Gasteiger partial charge is 0.137 e. The summed E-state index contributed by atoms with van der Waals surface area (Å²) in [6.45, 7) is 10.8. The first-order valence-corrected chi connectivity index (χ1v) is 8.93. The maximum absolute atomic E-state index is 12.6. The SMILES string of the molecule is CC1=CC[C@]2(C)CC(=O)C(C(C)C)[C@H]2C/C=C(/C)[C@H](OO)CC1. The monoisotopic (exact) mass is 320 g/mol. The van der Waals surface area contributed by atoms with Crippen molar-refractivity contribution in [3.63, 3.8) is 0 Å². The van der Waals surface area contributed by atoms with Crippen LogP contribution >= 0.6 is 0 Å². The summed E-state index contributed by atoms with van der Waals surface area (Å²) < 4.78 is 0. The van der Waals surface area contributed by atoms with Gasteiger partial charge in [0.2, 0.25) is 0 Å². The van der Waals surface area contributed by atoms with Crippen molar-refractivity contribution in [3.05, 3.63) is 23.3 Å². The van der Waals surface area contributed by atoms with Gasteiger partial charge in [0.25, 0.3) is 0 Å². The second-order valence-corrected chi connectivity index (χ2v) is 8.24. The van der Waals surface area contributed by atoms with Crippen LogP contribution in [0, 0.1) is 23.2 Å². The first-order valence-electron chi connectivity index (χ1n) is 8.93. The summed E-state index contributed by atoms with van der Waals surface area (Å²) in [5.74, 6) is 1.32. The average Bonchev–Trinajstić information content (AvgIpc) is 2.73. The third-order valence-electron chi connectivity index (χ3n) is 6.04. The number of allylic oxidation sites excluding steroid dienone is 3. The molecule has 0 saturated heterocycles. The van der Waals surface area contributed by atoms with E-state index in [-0.39, 0.29) is 17.4 Å². The molecule has 0 aromatic carbocycles. The van der Waals surface area contributed by atoms with E-state index in [2.05, 4.69) is 39.8 Å². The number of carbonyl (C=O) groups excluding carboxylic acids is 1. The third-order valence-corrected chi connectivity index (χ3v) is 6.04. The summed E-state index contributed by atoms with van der Waals surface area (Å²) in [6.07, 6.45) is 8.53. The molecule has 1 saturated carbocycles. The zero-order chi connectivity index (χ0) is 17.2. The van der Waals surface area contributed by atoms with E-state index in [0.717, 1.165) is 31.3 Å². The Labute approximate surface area is 140 Å². The molecule has 0 aliphatic heterocycles. The Kier molecular flexibility index (Phi) is 5.85. The zero-order valence-electron chi connectivity index (χ0n) is 15.3. The van der Waals surface area contributed by atoms with Crippen molar-refractivity contribution in [2.24, 2.45) is 23.2 Å². The molecule has 1 fully saturated rings. The Morgan fingerprint density at radius 1 is 1.30 bits per heavy atom. The zero-order valence-corrected chi connectivity index (χ0v) is 15.3. The molecule has 0 aromatic rings. The van der Waals surface area contributed by atoms with Gasteiger partial charge in [-0.25, -0.2) is 4.89 Å². The summed E-state index contributed by atoms with van der Waals surface area (Å²) in [5, 5.41) is 9.20. The van der Waals surface area contributed by atoms with E-state index < -0.39 is 0 Å². The lowest BCUT2D eigenvalue weighted by atomic mass is 9.70. The van der Waals surface area contributed by atoms with Gasteiger partial charge in [-0.15, -0.1) is 0 Å². The molecule has 4 atom stereocenters. The van der Waals surface area contributed by atoms with Gasteiger partial charge in [0, 0.05) is 12.3 Å². The lowest BCUT2D eigenvalue weighted by Crippen LogP contribution is -2.28. The van der Waals surface area contributed by atoms with Gasteiger partial charge in [-0.1, -0.05) is 38.5 Å². The lowest BCUT2D eigenvalue weighted by Gasteiger charge is -2.33. The van der Waals surface area contributed by atoms with Crippen molar-refractivity contribution < 1.29 is 14.9 Å². The van der Waals surface area contributed by atoms with Crippen LogP contribution in [-0.2, 0) is 9.68 Å². The molecular formula is C20H32O3. The van der Waals surface area contributed by atoms with Gasteiger partial charge < -0.3 is 0 Å². The van der Waals surface area contributed by atoms with Gasteiger partial charge in [-0.05, 0) is 62.4 Å². The minimum Gasteiger partial charge on any atom is -0.299 e. The van der Waals surface area contributed by atoms with Crippen molar-refractivity contribution >= 4 is 5.78 Å². The standard InChI is InChI=1S/C20H32O3/c1-13(2)19-16-8-7-15(4)18(23-22)9-6-14(3)10-11-20(16,5)12-17(19)21/h7,10,13,16,18-19,22H,6,8-9,11-12H2,1-5H3/b14-10?,15-7-/t16-,18-,19?,20-/m1/s1. The number of carbonyl (C=O) groups is 1. The molecule has 0 bridgehead atoms. The predicted molar refractivity (Wildman–Crippen MR) is 93.0 cm³/mol. The summed E-state index contributed by atoms with van der Waals surface area (Å²) in [7, 11) is 0. The van der Waals surface area contributed by atoms with Crippen molar-refractivity contribution in [2.45, 2.75) is 72.8 Å². The van der Waals surface area contributed by atoms with E-state index in [9.17, 15) is 10.1 Å². The van der Waals surface area contributed by atoms with E-state index in [0.29, 0.717) is 24.0 Å². The first kappa shape index (κ1) is 18.4. The van der Waals surface area contributed by atoms with Crippen LogP contribution in [-0.4, -0.2) is 17.1 Å². The van der Waals surface area contributed by atoms with Gasteiger partial charge in [0.15, 0.2) is 0 Å². The van der Waals surface area contributed by atoms with Crippen LogP contribution in [0.5, 0.6) is 0 Å². The molecule has 23 heavy (non-hydrogen) atoms. The third kappa shape index (κ3) is 3.95. The normalized spacial score (nSPS) is 38.6. The Balaban J connectivity index is 2.38. The first-order chi connectivity index (χ1) is 10.8. The molecule has 0 aromatic heterocycles. The van der Waals surface area contributed by atoms with E-state index in [1.54, 1.807) is 0 Å². The number of rotatable bonds is 2. The summed E-state index contributed by atoms with van der Waals surface area (Å²) in [6, 6.07) is 0. The fourth-order valence-electron chi connectivity index (χ4n) is 4.47. The van der Waals surface area contributed by atoms with Gasteiger partial charge in [0.1, 0.15) is 11.9 Å². The molecule has 1 N–H and O–H groups in total. The predicted octanol–water partition coefficient (Wildman–Crippen LogP) is 5.18. The second kappa shape index (κ2) is 7.31. The lowest BCUT2D eigenvalue weighted by molar-refractivity contribution is -0.269. The highest BCUT2D eigenvalue weighted by molar-refractivity contribution is 5.85. The van der Waals surface area contributed by atoms with Crippen LogP contribution in [0.3, 0.4) is 0 Å². The number of hydrogen-bond acceptors (Lipinski definition) is 3. The van der Waals surface area contributed by atoms with E-state index in [4.69, 9.17) is 4.89 Å². The molecule has 0 heterocycles. The number of hydrogen-bond donors (Lipinski definition) is 1. The quantitative estimate of drug-likeness (QED) is 0.433. The average molecular weight is 320 g/mol. The van der Waals surface area contributed by atoms with E-state index >= 15 is 0 Å². The Morgan fingerprint density at radius 3 is 2.61 bits per heavy atom. The largest absolute Gasteiger partial charge is 0.299 e. The fourth-order valence-corrected chi connectivity index (χ4v) is 4.47. The maximum Gasteiger partial charge on any atom is 0.137 e. The molecule has 0 amide bonds. The minimum absolute atomic E-state index is 0.0456. The van der Waals surface area contributed by atoms with E-state index in [1.807, 2.05) is 6.92 Å². The van der Waals surface area contributed by atoms with Crippen molar-refractivity contribution in [3.8, 4) is 0 Å². The fraction of sp³-hybridized carbons (Fsp3) is 0.750. The van der Waals surface area contributed by atoms with E-state index in [1.165, 1.54) is 5.57 Å². The van der Waals surface area contributed by atoms with Gasteiger partial charge in [-0.2, -0.15) is 0 Å². The summed E-state index contributed by atoms with van der Waals surface area (Å²) in [5.41, 5.74) is 2.44. The molecule has 0 spiro atoms. The molecule has 3 heteroatoms. The van der Waals surface area contributed by atoms with Gasteiger partial charge in [0.05, 0.1) is 0 Å². The molecule has 2 rings (SSSR count). The molecule has 0 radical (unpaired) electrons. The van der Waals surface area contributed by atoms with Crippen LogP contribution in [0.2, 0.25) is 0 Å². The minimum atomic E-state index is -0.239. The number of Topliss-reactive ketones (excluding diaryl/α,β-unsaturated/α-hetero) is 1. The van der Waals surface area contributed by atoms with Gasteiger partial charge in [-0.3, -0.25) is 10.1 Å². The highest BCUT2D eigenvalue weighted by Crippen LogP contribution is 2.52. The number of fused-ring (bicyclic) bond motifs is 1. The van der Waals surface area contributed by atoms with Crippen molar-refractivity contribution in [1.29, 1.82) is 0 Å². The Morgan fingerprint density at radius 2 is 2.00 bits per heavy atom. The highest BCUT2D eigenvalue weighted by Gasteiger charge is 2.49. The maximum atomic E-state index is 12.6. The topological polar surface area (TPSA) is 46.5 Å². The molecule has 3 nitrogen and oxygen atoms in total. The molecule has 1 unspecified atom stereocenters. The second-order valence-electron chi connectivity index (χ2n) is 8.24. The van der Waals surface area contributed by atoms with Crippen LogP contribution in [0.25, 0.3) is 0 Å². The Hall–Kier alpha value is -0.930. The highest BCUT2D eigenvalue weighted by atomic mass is 17.1. The summed E-state index contributed by atoms with van der Waals surface area (Å²) >= 11 is 0. The molecular weight excluding hydrogens is 288 g/mol. The molecule has 2 aliphatic carbocycles. The van der Waals surface area contributed by atoms with Crippen LogP contribution in [0.1, 0.15) is 66.7 Å². The van der Waals surface area contributed by atoms with Crippen molar-refractivity contribution in [2.75, 3.05) is 0 Å². The summed E-state index contributed by atoms with van der Waals surface area (Å²) in [4.78, 5) is 17.3. The van der Waals surface area contributed by atoms with Crippen LogP contribution in [0.4, 0.5) is 0 Å². The number of ketones is 1.